The lowest BCUT2D eigenvalue weighted by Crippen LogP contribution is -2.41. The molecule has 0 saturated carbocycles. The van der Waals surface area contributed by atoms with Crippen LogP contribution in [0.25, 0.3) is 21.9 Å². The molecule has 1 unspecified atom stereocenters. The molecule has 1 atom stereocenters. The number of amides is 4. The predicted molar refractivity (Wildman–Crippen MR) is 101 cm³/mol. The third-order valence-electron chi connectivity index (χ3n) is 4.68. The van der Waals surface area contributed by atoms with Gasteiger partial charge in [0.25, 0.3) is 0 Å². The van der Waals surface area contributed by atoms with Crippen molar-refractivity contribution >= 4 is 45.5 Å². The largest absolute Gasteiger partial charge is 0.338 e. The number of hydrogen-bond donors (Lipinski definition) is 3. The molecule has 27 heavy (non-hydrogen) atoms. The number of pyridine rings is 1. The fraction of sp³-hybridized carbons (Fsp3) is 0.263. The molecule has 1 aliphatic heterocycles. The van der Waals surface area contributed by atoms with Gasteiger partial charge in [-0.1, -0.05) is 0 Å². The topological polar surface area (TPSA) is 105 Å². The standard InChI is InChI=1S/C19H19N5O3/c1-2-20-19(27)22-11-5-6-14-13(10-11)12-4-3-9-21-17(12)24(14)15-7-8-16(25)23-18(15)26/h3-6,9-10,15H,2,7-8H2,1H3,(H2,20,22,27)(H,23,25,26). The highest BCUT2D eigenvalue weighted by Gasteiger charge is 2.30. The number of aromatic nitrogens is 2. The number of rotatable bonds is 3. The summed E-state index contributed by atoms with van der Waals surface area (Å²) in [5.74, 6) is -0.571. The third-order valence-corrected chi connectivity index (χ3v) is 4.68. The Balaban J connectivity index is 1.85. The van der Waals surface area contributed by atoms with E-state index >= 15 is 0 Å². The average Bonchev–Trinajstić information content (AvgIpc) is 2.96. The fourth-order valence-electron chi connectivity index (χ4n) is 3.53. The van der Waals surface area contributed by atoms with Crippen molar-refractivity contribution in [2.24, 2.45) is 0 Å². The van der Waals surface area contributed by atoms with Crippen LogP contribution in [-0.2, 0) is 9.59 Å². The van der Waals surface area contributed by atoms with Crippen LogP contribution in [0, 0.1) is 0 Å². The van der Waals surface area contributed by atoms with Crippen LogP contribution in [0.3, 0.4) is 0 Å². The normalized spacial score (nSPS) is 17.1. The number of nitrogens with one attached hydrogen (secondary N) is 3. The van der Waals surface area contributed by atoms with E-state index in [9.17, 15) is 14.4 Å². The molecule has 0 aliphatic carbocycles. The molecule has 0 radical (unpaired) electrons. The zero-order valence-corrected chi connectivity index (χ0v) is 14.8. The second-order valence-corrected chi connectivity index (χ2v) is 6.43. The Labute approximate surface area is 154 Å². The van der Waals surface area contributed by atoms with E-state index in [0.717, 1.165) is 16.3 Å². The Morgan fingerprint density at radius 2 is 2.15 bits per heavy atom. The summed E-state index contributed by atoms with van der Waals surface area (Å²) >= 11 is 0. The van der Waals surface area contributed by atoms with Crippen molar-refractivity contribution in [2.45, 2.75) is 25.8 Å². The number of benzene rings is 1. The van der Waals surface area contributed by atoms with Crippen LogP contribution in [0.4, 0.5) is 10.5 Å². The van der Waals surface area contributed by atoms with Crippen molar-refractivity contribution in [3.8, 4) is 0 Å². The Morgan fingerprint density at radius 3 is 2.93 bits per heavy atom. The van der Waals surface area contributed by atoms with Gasteiger partial charge >= 0.3 is 6.03 Å². The maximum atomic E-state index is 12.4. The first-order chi connectivity index (χ1) is 13.1. The average molecular weight is 365 g/mol. The van der Waals surface area contributed by atoms with E-state index in [1.807, 2.05) is 35.8 Å². The van der Waals surface area contributed by atoms with Crippen molar-refractivity contribution < 1.29 is 14.4 Å². The minimum atomic E-state index is -0.500. The molecular formula is C19H19N5O3. The molecule has 0 spiro atoms. The molecule has 1 aromatic carbocycles. The van der Waals surface area contributed by atoms with Crippen LogP contribution >= 0.6 is 0 Å². The fourth-order valence-corrected chi connectivity index (χ4v) is 3.53. The maximum Gasteiger partial charge on any atom is 0.319 e. The number of urea groups is 1. The molecule has 2 aromatic heterocycles. The van der Waals surface area contributed by atoms with Crippen molar-refractivity contribution in [3.05, 3.63) is 36.5 Å². The number of piperidine rings is 1. The van der Waals surface area contributed by atoms with Crippen LogP contribution in [0.2, 0.25) is 0 Å². The van der Waals surface area contributed by atoms with Gasteiger partial charge in [-0.25, -0.2) is 9.78 Å². The molecule has 0 bridgehead atoms. The van der Waals surface area contributed by atoms with Gasteiger partial charge < -0.3 is 15.2 Å². The summed E-state index contributed by atoms with van der Waals surface area (Å²) in [7, 11) is 0. The van der Waals surface area contributed by atoms with E-state index in [1.165, 1.54) is 0 Å². The zero-order valence-electron chi connectivity index (χ0n) is 14.8. The minimum Gasteiger partial charge on any atom is -0.338 e. The molecule has 4 rings (SSSR count). The molecule has 8 heteroatoms. The summed E-state index contributed by atoms with van der Waals surface area (Å²) in [5, 5.41) is 9.67. The lowest BCUT2D eigenvalue weighted by atomic mass is 10.1. The molecule has 138 valence electrons. The van der Waals surface area contributed by atoms with Gasteiger partial charge in [0, 0.05) is 35.6 Å². The summed E-state index contributed by atoms with van der Waals surface area (Å²) in [6.45, 7) is 2.38. The van der Waals surface area contributed by atoms with Gasteiger partial charge in [-0.15, -0.1) is 0 Å². The first-order valence-electron chi connectivity index (χ1n) is 8.85. The van der Waals surface area contributed by atoms with Crippen LogP contribution < -0.4 is 16.0 Å². The highest BCUT2D eigenvalue weighted by molar-refractivity contribution is 6.10. The van der Waals surface area contributed by atoms with Crippen LogP contribution in [0.1, 0.15) is 25.8 Å². The van der Waals surface area contributed by atoms with E-state index in [2.05, 4.69) is 20.9 Å². The van der Waals surface area contributed by atoms with Crippen molar-refractivity contribution in [1.82, 2.24) is 20.2 Å². The van der Waals surface area contributed by atoms with Crippen LogP contribution in [-0.4, -0.2) is 33.9 Å². The molecule has 4 amide bonds. The monoisotopic (exact) mass is 365 g/mol. The third kappa shape index (κ3) is 2.99. The Morgan fingerprint density at radius 1 is 1.30 bits per heavy atom. The number of carbonyl (C=O) groups excluding carboxylic acids is 3. The number of hydrogen-bond acceptors (Lipinski definition) is 4. The van der Waals surface area contributed by atoms with Gasteiger partial charge in [0.1, 0.15) is 11.7 Å². The molecule has 3 N–H and O–H groups in total. The zero-order chi connectivity index (χ0) is 19.0. The highest BCUT2D eigenvalue weighted by atomic mass is 16.2. The second kappa shape index (κ2) is 6.71. The highest BCUT2D eigenvalue weighted by Crippen LogP contribution is 2.34. The van der Waals surface area contributed by atoms with Crippen molar-refractivity contribution in [1.29, 1.82) is 0 Å². The van der Waals surface area contributed by atoms with Crippen LogP contribution in [0.15, 0.2) is 36.5 Å². The van der Waals surface area contributed by atoms with Gasteiger partial charge in [-0.2, -0.15) is 0 Å². The number of carbonyl (C=O) groups is 3. The molecule has 1 fully saturated rings. The summed E-state index contributed by atoms with van der Waals surface area (Å²) in [5.41, 5.74) is 2.16. The lowest BCUT2D eigenvalue weighted by Gasteiger charge is -2.23. The van der Waals surface area contributed by atoms with Gasteiger partial charge in [0.05, 0.1) is 5.52 Å². The van der Waals surface area contributed by atoms with E-state index in [1.54, 1.807) is 12.3 Å². The van der Waals surface area contributed by atoms with Gasteiger partial charge in [0.2, 0.25) is 11.8 Å². The van der Waals surface area contributed by atoms with Crippen molar-refractivity contribution in [3.63, 3.8) is 0 Å². The van der Waals surface area contributed by atoms with Crippen LogP contribution in [0.5, 0.6) is 0 Å². The Hall–Kier alpha value is -3.42. The predicted octanol–water partition coefficient (Wildman–Crippen LogP) is 2.31. The van der Waals surface area contributed by atoms with Gasteiger partial charge in [0.15, 0.2) is 0 Å². The Kier molecular flexibility index (Phi) is 4.23. The number of imide groups is 1. The number of anilines is 1. The number of fused-ring (bicyclic) bond motifs is 3. The molecule has 1 aliphatic rings. The first kappa shape index (κ1) is 17.0. The number of nitrogens with zero attached hydrogens (tertiary/aromatic N) is 2. The molecular weight excluding hydrogens is 346 g/mol. The van der Waals surface area contributed by atoms with Crippen molar-refractivity contribution in [2.75, 3.05) is 11.9 Å². The first-order valence-corrected chi connectivity index (χ1v) is 8.85. The SMILES string of the molecule is CCNC(=O)Nc1ccc2c(c1)c1cccnc1n2C1CCC(=O)NC1=O. The Bertz CT molecular complexity index is 1070. The van der Waals surface area contributed by atoms with Gasteiger partial charge in [-0.05, 0) is 43.7 Å². The quantitative estimate of drug-likeness (QED) is 0.619. The molecule has 8 nitrogen and oxygen atoms in total. The van der Waals surface area contributed by atoms with E-state index in [4.69, 9.17) is 0 Å². The maximum absolute atomic E-state index is 12.4. The summed E-state index contributed by atoms with van der Waals surface area (Å²) < 4.78 is 1.88. The minimum absolute atomic E-state index is 0.251. The van der Waals surface area contributed by atoms with E-state index in [-0.39, 0.29) is 17.8 Å². The smallest absolute Gasteiger partial charge is 0.319 e. The molecule has 3 heterocycles. The lowest BCUT2D eigenvalue weighted by molar-refractivity contribution is -0.135. The summed E-state index contributed by atoms with van der Waals surface area (Å²) in [4.78, 5) is 40.2. The van der Waals surface area contributed by atoms with E-state index in [0.29, 0.717) is 30.7 Å². The molecule has 1 saturated heterocycles. The van der Waals surface area contributed by atoms with E-state index < -0.39 is 6.04 Å². The molecule has 3 aromatic rings. The van der Waals surface area contributed by atoms with Gasteiger partial charge in [-0.3, -0.25) is 14.9 Å². The summed E-state index contributed by atoms with van der Waals surface area (Å²) in [6, 6.07) is 8.52. The summed E-state index contributed by atoms with van der Waals surface area (Å²) in [6.07, 6.45) is 2.40. The second-order valence-electron chi connectivity index (χ2n) is 6.43.